The van der Waals surface area contributed by atoms with Crippen molar-refractivity contribution in [3.8, 4) is 0 Å². The molecule has 3 aromatic carbocycles. The number of nitrogens with two attached hydrogens (primary N) is 1. The first-order valence-corrected chi connectivity index (χ1v) is 9.17. The maximum Gasteiger partial charge on any atom is 0.356 e. The summed E-state index contributed by atoms with van der Waals surface area (Å²) in [6, 6.07) is 29.7. The first kappa shape index (κ1) is 16.4. The predicted molar refractivity (Wildman–Crippen MR) is 107 cm³/mol. The minimum atomic E-state index is 0.832. The van der Waals surface area contributed by atoms with Crippen molar-refractivity contribution in [1.82, 2.24) is 4.57 Å². The Hall–Kier alpha value is -3.07. The molecule has 2 N–H and O–H groups in total. The smallest absolute Gasteiger partial charge is 0.290 e. The van der Waals surface area contributed by atoms with Crippen LogP contribution in [0.15, 0.2) is 84.9 Å². The second kappa shape index (κ2) is 7.44. The van der Waals surface area contributed by atoms with Crippen LogP contribution in [0.5, 0.6) is 0 Å². The number of fused-ring (bicyclic) bond motifs is 1. The maximum atomic E-state index is 6.57. The molecule has 130 valence electrons. The number of anilines is 1. The van der Waals surface area contributed by atoms with Gasteiger partial charge in [0.05, 0.1) is 13.1 Å². The number of rotatable bonds is 6. The van der Waals surface area contributed by atoms with Gasteiger partial charge in [-0.25, -0.2) is 9.13 Å². The molecule has 0 fully saturated rings. The van der Waals surface area contributed by atoms with Gasteiger partial charge in [0.25, 0.3) is 0 Å². The summed E-state index contributed by atoms with van der Waals surface area (Å²) < 4.78 is 4.49. The van der Waals surface area contributed by atoms with E-state index in [1.807, 2.05) is 0 Å². The molecule has 1 aromatic heterocycles. The number of hydrogen-bond acceptors (Lipinski definition) is 1. The summed E-state index contributed by atoms with van der Waals surface area (Å²) in [5.41, 5.74) is 11.6. The summed E-state index contributed by atoms with van der Waals surface area (Å²) >= 11 is 0. The van der Waals surface area contributed by atoms with Gasteiger partial charge in [-0.05, 0) is 23.3 Å². The first-order valence-electron chi connectivity index (χ1n) is 9.17. The Morgan fingerprint density at radius 2 is 1.27 bits per heavy atom. The predicted octanol–water partition coefficient (Wildman–Crippen LogP) is 4.00. The Morgan fingerprint density at radius 1 is 0.692 bits per heavy atom. The Labute approximate surface area is 154 Å². The van der Waals surface area contributed by atoms with E-state index in [0.29, 0.717) is 0 Å². The molecule has 0 amide bonds. The highest BCUT2D eigenvalue weighted by atomic mass is 15.2. The van der Waals surface area contributed by atoms with Crippen LogP contribution < -0.4 is 10.3 Å². The van der Waals surface area contributed by atoms with Crippen molar-refractivity contribution >= 4 is 17.0 Å². The van der Waals surface area contributed by atoms with Gasteiger partial charge in [-0.15, -0.1) is 0 Å². The molecule has 0 saturated carbocycles. The fourth-order valence-corrected chi connectivity index (χ4v) is 3.55. The van der Waals surface area contributed by atoms with Crippen LogP contribution in [-0.2, 0) is 25.9 Å². The molecule has 0 radical (unpaired) electrons. The zero-order valence-electron chi connectivity index (χ0n) is 14.9. The number of nitrogen functional groups attached to an aromatic ring is 1. The first-order chi connectivity index (χ1) is 12.8. The number of hydrogen-bond donors (Lipinski definition) is 1. The lowest BCUT2D eigenvalue weighted by molar-refractivity contribution is -0.656. The van der Waals surface area contributed by atoms with E-state index in [0.717, 1.165) is 31.9 Å². The monoisotopic (exact) mass is 342 g/mol. The minimum Gasteiger partial charge on any atom is -0.290 e. The maximum absolute atomic E-state index is 6.57. The Kier molecular flexibility index (Phi) is 4.69. The number of nitrogens with zero attached hydrogens (tertiary/aromatic N) is 2. The average molecular weight is 342 g/mol. The second-order valence-electron chi connectivity index (χ2n) is 6.62. The van der Waals surface area contributed by atoms with Gasteiger partial charge in [0.15, 0.2) is 0 Å². The van der Waals surface area contributed by atoms with Crippen molar-refractivity contribution in [2.75, 3.05) is 5.73 Å². The van der Waals surface area contributed by atoms with Crippen molar-refractivity contribution in [1.29, 1.82) is 0 Å². The molecule has 0 atom stereocenters. The number of imidazole rings is 1. The molecule has 0 unspecified atom stereocenters. The van der Waals surface area contributed by atoms with E-state index in [9.17, 15) is 0 Å². The molecule has 26 heavy (non-hydrogen) atoms. The lowest BCUT2D eigenvalue weighted by Crippen LogP contribution is -2.37. The van der Waals surface area contributed by atoms with E-state index in [1.54, 1.807) is 0 Å². The Bertz CT molecular complexity index is 908. The van der Waals surface area contributed by atoms with Gasteiger partial charge < -0.3 is 0 Å². The fraction of sp³-hybridized carbons (Fsp3) is 0.174. The number of para-hydroxylation sites is 2. The van der Waals surface area contributed by atoms with Crippen LogP contribution >= 0.6 is 0 Å². The molecule has 0 spiro atoms. The van der Waals surface area contributed by atoms with Crippen LogP contribution in [0.2, 0.25) is 0 Å². The van der Waals surface area contributed by atoms with E-state index in [1.165, 1.54) is 22.2 Å². The van der Waals surface area contributed by atoms with Crippen LogP contribution in [0.25, 0.3) is 11.0 Å². The summed E-state index contributed by atoms with van der Waals surface area (Å²) in [5, 5.41) is 0. The molecule has 4 aromatic rings. The summed E-state index contributed by atoms with van der Waals surface area (Å²) in [5.74, 6) is 0.832. The molecular weight excluding hydrogens is 318 g/mol. The molecule has 0 bridgehead atoms. The molecule has 0 aliphatic heterocycles. The zero-order valence-corrected chi connectivity index (χ0v) is 14.9. The van der Waals surface area contributed by atoms with Gasteiger partial charge in [0, 0.05) is 12.8 Å². The van der Waals surface area contributed by atoms with Crippen molar-refractivity contribution in [2.45, 2.75) is 25.9 Å². The summed E-state index contributed by atoms with van der Waals surface area (Å²) in [7, 11) is 0. The number of aryl methyl sites for hydroxylation is 4. The summed E-state index contributed by atoms with van der Waals surface area (Å²) in [4.78, 5) is 0. The van der Waals surface area contributed by atoms with E-state index in [4.69, 9.17) is 5.73 Å². The molecule has 0 aliphatic rings. The van der Waals surface area contributed by atoms with E-state index >= 15 is 0 Å². The van der Waals surface area contributed by atoms with Gasteiger partial charge in [0.1, 0.15) is 11.0 Å². The third-order valence-corrected chi connectivity index (χ3v) is 4.95. The highest BCUT2D eigenvalue weighted by molar-refractivity contribution is 5.73. The van der Waals surface area contributed by atoms with Crippen LogP contribution in [0, 0.1) is 0 Å². The van der Waals surface area contributed by atoms with Gasteiger partial charge in [0.2, 0.25) is 0 Å². The largest absolute Gasteiger partial charge is 0.356 e. The topological polar surface area (TPSA) is 34.8 Å². The third kappa shape index (κ3) is 3.33. The molecule has 0 aliphatic carbocycles. The van der Waals surface area contributed by atoms with E-state index < -0.39 is 0 Å². The highest BCUT2D eigenvalue weighted by Crippen LogP contribution is 2.17. The lowest BCUT2D eigenvalue weighted by atomic mass is 10.1. The Morgan fingerprint density at radius 3 is 1.96 bits per heavy atom. The van der Waals surface area contributed by atoms with Crippen LogP contribution in [0.4, 0.5) is 5.95 Å². The van der Waals surface area contributed by atoms with Crippen molar-refractivity contribution < 1.29 is 4.57 Å². The minimum absolute atomic E-state index is 0.832. The average Bonchev–Trinajstić information content (AvgIpc) is 2.97. The second-order valence-corrected chi connectivity index (χ2v) is 6.62. The van der Waals surface area contributed by atoms with Gasteiger partial charge >= 0.3 is 5.95 Å². The fourth-order valence-electron chi connectivity index (χ4n) is 3.55. The quantitative estimate of drug-likeness (QED) is 0.528. The van der Waals surface area contributed by atoms with E-state index in [2.05, 4.69) is 94.1 Å². The van der Waals surface area contributed by atoms with E-state index in [-0.39, 0.29) is 0 Å². The normalized spacial score (nSPS) is 11.1. The molecular formula is C23H24N3+. The third-order valence-electron chi connectivity index (χ3n) is 4.95. The standard InChI is InChI=1S/C23H23N3/c24-23-25(17-15-19-9-3-1-4-10-19)21-13-7-8-14-22(21)26(23)18-16-20-11-5-2-6-12-20/h1-14,24H,15-18H2/p+1. The molecule has 4 rings (SSSR count). The van der Waals surface area contributed by atoms with Crippen molar-refractivity contribution in [3.05, 3.63) is 96.1 Å². The van der Waals surface area contributed by atoms with Gasteiger partial charge in [-0.2, -0.15) is 0 Å². The summed E-state index contributed by atoms with van der Waals surface area (Å²) in [6.45, 7) is 1.77. The summed E-state index contributed by atoms with van der Waals surface area (Å²) in [6.07, 6.45) is 1.95. The molecule has 3 nitrogen and oxygen atoms in total. The number of aromatic nitrogens is 2. The molecule has 0 saturated heterocycles. The SMILES string of the molecule is Nc1n(CCc2ccccc2)c2ccccc2[n+]1CCc1ccccc1. The van der Waals surface area contributed by atoms with Crippen molar-refractivity contribution in [2.24, 2.45) is 0 Å². The zero-order chi connectivity index (χ0) is 17.8. The highest BCUT2D eigenvalue weighted by Gasteiger charge is 2.20. The molecule has 1 heterocycles. The van der Waals surface area contributed by atoms with Crippen molar-refractivity contribution in [3.63, 3.8) is 0 Å². The van der Waals surface area contributed by atoms with Gasteiger partial charge in [-0.1, -0.05) is 72.8 Å². The van der Waals surface area contributed by atoms with Gasteiger partial charge in [-0.3, -0.25) is 5.73 Å². The van der Waals surface area contributed by atoms with Crippen LogP contribution in [0.1, 0.15) is 11.1 Å². The number of benzene rings is 3. The van der Waals surface area contributed by atoms with Crippen LogP contribution in [-0.4, -0.2) is 4.57 Å². The lowest BCUT2D eigenvalue weighted by Gasteiger charge is -2.04. The van der Waals surface area contributed by atoms with Crippen LogP contribution in [0.3, 0.4) is 0 Å². The molecule has 3 heteroatoms. The Balaban J connectivity index is 1.62.